The van der Waals surface area contributed by atoms with Crippen LogP contribution in [0, 0.1) is 5.82 Å². The Hall–Kier alpha value is -3.94. The molecule has 10 nitrogen and oxygen atoms in total. The molecule has 14 heteroatoms. The molecule has 0 saturated heterocycles. The number of sulfonamides is 1. The van der Waals surface area contributed by atoms with E-state index in [-0.39, 0.29) is 36.2 Å². The summed E-state index contributed by atoms with van der Waals surface area (Å²) in [4.78, 5) is 24.0. The summed E-state index contributed by atoms with van der Waals surface area (Å²) in [5.74, 6) is -2.20. The van der Waals surface area contributed by atoms with Crippen molar-refractivity contribution < 1.29 is 26.4 Å². The largest absolute Gasteiger partial charge is 0.325 e. The summed E-state index contributed by atoms with van der Waals surface area (Å²) in [6, 6.07) is 7.94. The summed E-state index contributed by atoms with van der Waals surface area (Å²) in [5.41, 5.74) is 1.83. The molecule has 1 aliphatic heterocycles. The quantitative estimate of drug-likeness (QED) is 0.412. The Kier molecular flexibility index (Phi) is 6.97. The summed E-state index contributed by atoms with van der Waals surface area (Å²) in [6.45, 7) is -2.17. The zero-order valence-electron chi connectivity index (χ0n) is 19.2. The average molecular weight is 522 g/mol. The highest BCUT2D eigenvalue weighted by molar-refractivity contribution is 7.92. The Morgan fingerprint density at radius 2 is 1.94 bits per heavy atom. The third kappa shape index (κ3) is 5.17. The maximum Gasteiger partial charge on any atom is 0.316 e. The van der Waals surface area contributed by atoms with Gasteiger partial charge in [-0.3, -0.25) is 14.0 Å². The van der Waals surface area contributed by atoms with Crippen molar-refractivity contribution in [2.75, 3.05) is 32.6 Å². The third-order valence-electron chi connectivity index (χ3n) is 5.40. The lowest BCUT2D eigenvalue weighted by Gasteiger charge is -2.27. The molecular weight excluding hydrogens is 499 g/mol. The van der Waals surface area contributed by atoms with Crippen molar-refractivity contribution in [1.29, 1.82) is 0 Å². The van der Waals surface area contributed by atoms with Crippen LogP contribution in [0.25, 0.3) is 0 Å². The van der Waals surface area contributed by atoms with E-state index in [0.717, 1.165) is 16.8 Å². The van der Waals surface area contributed by atoms with Crippen LogP contribution in [0.1, 0.15) is 18.1 Å². The van der Waals surface area contributed by atoms with Gasteiger partial charge < -0.3 is 10.6 Å². The normalized spacial score (nSPS) is 12.9. The minimum absolute atomic E-state index is 0.0201. The van der Waals surface area contributed by atoms with Crippen molar-refractivity contribution >= 4 is 44.9 Å². The number of nitrogens with one attached hydrogen (secondary N) is 2. The first-order valence-electron chi connectivity index (χ1n) is 10.8. The van der Waals surface area contributed by atoms with E-state index >= 15 is 0 Å². The van der Waals surface area contributed by atoms with Gasteiger partial charge in [0, 0.05) is 35.2 Å². The van der Waals surface area contributed by atoms with E-state index in [2.05, 4.69) is 25.6 Å². The number of hydrogen-bond acceptors (Lipinski definition) is 8. The number of benzene rings is 1. The molecule has 190 valence electrons. The molecule has 0 bridgehead atoms. The summed E-state index contributed by atoms with van der Waals surface area (Å²) in [6.07, 6.45) is 3.18. The molecule has 36 heavy (non-hydrogen) atoms. The summed E-state index contributed by atoms with van der Waals surface area (Å²) < 4.78 is 68.4. The highest BCUT2D eigenvalue weighted by Gasteiger charge is 2.27. The third-order valence-corrected chi connectivity index (χ3v) is 6.63. The number of pyridine rings is 1. The maximum atomic E-state index is 14.7. The van der Waals surface area contributed by atoms with Gasteiger partial charge in [0.2, 0.25) is 21.9 Å². The molecule has 1 aliphatic rings. The van der Waals surface area contributed by atoms with Crippen LogP contribution in [0.3, 0.4) is 0 Å². The molecule has 0 saturated carbocycles. The topological polar surface area (TPSA) is 120 Å². The zero-order valence-corrected chi connectivity index (χ0v) is 20.1. The second-order valence-corrected chi connectivity index (χ2v) is 9.77. The van der Waals surface area contributed by atoms with Crippen LogP contribution in [0.4, 0.5) is 42.1 Å². The fourth-order valence-electron chi connectivity index (χ4n) is 3.85. The van der Waals surface area contributed by atoms with Gasteiger partial charge in [-0.25, -0.2) is 22.8 Å². The molecule has 4 rings (SSSR count). The fraction of sp³-hybridized carbons (Fsp3) is 0.273. The molecular formula is C22H22F3N7O3S. The number of hydrogen-bond donors (Lipinski definition) is 2. The predicted octanol–water partition coefficient (Wildman–Crippen LogP) is 3.26. The van der Waals surface area contributed by atoms with Crippen LogP contribution in [-0.4, -0.2) is 48.6 Å². The number of aromatic nitrogens is 3. The minimum Gasteiger partial charge on any atom is -0.325 e. The lowest BCUT2D eigenvalue weighted by molar-refractivity contribution is -0.115. The van der Waals surface area contributed by atoms with E-state index < -0.39 is 34.8 Å². The van der Waals surface area contributed by atoms with Crippen LogP contribution in [0.5, 0.6) is 0 Å². The van der Waals surface area contributed by atoms with Gasteiger partial charge in [-0.05, 0) is 25.1 Å². The number of amides is 1. The van der Waals surface area contributed by atoms with Crippen molar-refractivity contribution in [3.8, 4) is 0 Å². The van der Waals surface area contributed by atoms with Crippen LogP contribution in [0.15, 0.2) is 42.7 Å². The van der Waals surface area contributed by atoms with Gasteiger partial charge in [0.05, 0.1) is 25.4 Å². The van der Waals surface area contributed by atoms with Gasteiger partial charge in [-0.1, -0.05) is 12.1 Å². The molecule has 0 aliphatic carbocycles. The second kappa shape index (κ2) is 9.97. The Labute approximate surface area is 205 Å². The lowest BCUT2D eigenvalue weighted by Crippen LogP contribution is -2.34. The number of carbonyl (C=O) groups excluding carboxylic acids is 1. The summed E-state index contributed by atoms with van der Waals surface area (Å²) >= 11 is 0. The highest BCUT2D eigenvalue weighted by Crippen LogP contribution is 2.32. The molecule has 3 heterocycles. The molecule has 0 atom stereocenters. The molecule has 0 spiro atoms. The van der Waals surface area contributed by atoms with E-state index in [4.69, 9.17) is 0 Å². The zero-order chi connectivity index (χ0) is 26.0. The van der Waals surface area contributed by atoms with Crippen molar-refractivity contribution in [3.63, 3.8) is 0 Å². The van der Waals surface area contributed by atoms with Gasteiger partial charge in [-0.15, -0.1) is 0 Å². The number of rotatable bonds is 9. The highest BCUT2D eigenvalue weighted by atomic mass is 32.2. The standard InChI is InChI=1S/C22H22F3N7O3S/c1-3-32(36(2,34)35)19-13(6-5-9-26-19)12-31(21(24)25)20-15(23)11-27-22(30-20)29-17-8-4-7-16-14(17)10-18(33)28-16/h4-9,11,21H,3,10,12H2,1-2H3,(H,28,33)(H,27,29,30). The Morgan fingerprint density at radius 3 is 2.64 bits per heavy atom. The van der Waals surface area contributed by atoms with Gasteiger partial charge in [-0.2, -0.15) is 13.8 Å². The number of halogens is 3. The molecule has 0 radical (unpaired) electrons. The molecule has 1 amide bonds. The summed E-state index contributed by atoms with van der Waals surface area (Å²) in [7, 11) is -3.74. The van der Waals surface area contributed by atoms with E-state index in [1.165, 1.54) is 18.3 Å². The number of alkyl halides is 2. The van der Waals surface area contributed by atoms with Crippen LogP contribution < -0.4 is 19.8 Å². The van der Waals surface area contributed by atoms with Gasteiger partial charge in [0.1, 0.15) is 5.82 Å². The van der Waals surface area contributed by atoms with Gasteiger partial charge in [0.15, 0.2) is 11.6 Å². The monoisotopic (exact) mass is 521 g/mol. The molecule has 0 unspecified atom stereocenters. The Morgan fingerprint density at radius 1 is 1.17 bits per heavy atom. The molecule has 1 aromatic carbocycles. The van der Waals surface area contributed by atoms with Crippen molar-refractivity contribution in [1.82, 2.24) is 15.0 Å². The van der Waals surface area contributed by atoms with Crippen LogP contribution in [-0.2, 0) is 27.8 Å². The number of anilines is 5. The Balaban J connectivity index is 1.68. The maximum absolute atomic E-state index is 14.7. The van der Waals surface area contributed by atoms with Crippen molar-refractivity contribution in [3.05, 3.63) is 59.7 Å². The van der Waals surface area contributed by atoms with Gasteiger partial charge >= 0.3 is 6.55 Å². The first-order chi connectivity index (χ1) is 17.1. The minimum atomic E-state index is -3.74. The number of carbonyl (C=O) groups is 1. The predicted molar refractivity (Wildman–Crippen MR) is 128 cm³/mol. The smallest absolute Gasteiger partial charge is 0.316 e. The van der Waals surface area contributed by atoms with Crippen LogP contribution in [0.2, 0.25) is 0 Å². The molecule has 2 aromatic heterocycles. The number of nitrogens with zero attached hydrogens (tertiary/aromatic N) is 5. The van der Waals surface area contributed by atoms with Crippen molar-refractivity contribution in [2.45, 2.75) is 26.4 Å². The fourth-order valence-corrected chi connectivity index (χ4v) is 4.79. The molecule has 3 aromatic rings. The van der Waals surface area contributed by atoms with Crippen molar-refractivity contribution in [2.24, 2.45) is 0 Å². The molecule has 2 N–H and O–H groups in total. The Bertz CT molecular complexity index is 1410. The number of fused-ring (bicyclic) bond motifs is 1. The van der Waals surface area contributed by atoms with Crippen LogP contribution >= 0.6 is 0 Å². The van der Waals surface area contributed by atoms with E-state index in [9.17, 15) is 26.4 Å². The SMILES string of the molecule is CCN(c1ncccc1CN(c1nc(Nc2cccc3c2CC(=O)N3)ncc1F)C(F)F)S(C)(=O)=O. The van der Waals surface area contributed by atoms with E-state index in [1.54, 1.807) is 25.1 Å². The first-order valence-corrected chi connectivity index (χ1v) is 12.6. The first kappa shape index (κ1) is 25.2. The lowest BCUT2D eigenvalue weighted by atomic mass is 10.1. The van der Waals surface area contributed by atoms with Gasteiger partial charge in [0.25, 0.3) is 0 Å². The van der Waals surface area contributed by atoms with E-state index in [1.807, 2.05) is 0 Å². The molecule has 0 fully saturated rings. The average Bonchev–Trinajstić information content (AvgIpc) is 3.20. The summed E-state index contributed by atoms with van der Waals surface area (Å²) in [5, 5.41) is 5.55. The second-order valence-electron chi connectivity index (χ2n) is 7.87. The van der Waals surface area contributed by atoms with E-state index in [0.29, 0.717) is 21.8 Å².